The number of fused-ring (bicyclic) bond motifs is 8. The highest BCUT2D eigenvalue weighted by Gasteiger charge is 2.49. The van der Waals surface area contributed by atoms with Crippen LogP contribution in [-0.4, -0.2) is 0 Å². The van der Waals surface area contributed by atoms with Crippen molar-refractivity contribution in [3.8, 4) is 11.5 Å². The average molecular weight is 362 g/mol. The second-order valence-corrected chi connectivity index (χ2v) is 7.32. The van der Waals surface area contributed by atoms with Crippen LogP contribution in [0.15, 0.2) is 91.0 Å². The summed E-state index contributed by atoms with van der Waals surface area (Å²) >= 11 is 0. The van der Waals surface area contributed by atoms with Crippen molar-refractivity contribution in [3.63, 3.8) is 0 Å². The first-order valence-electron chi connectivity index (χ1n) is 9.42. The molecule has 0 aromatic heterocycles. The molecule has 6 rings (SSSR count). The maximum atomic E-state index is 6.31. The molecule has 3 heteroatoms. The lowest BCUT2D eigenvalue weighted by Gasteiger charge is -2.45. The quantitative estimate of drug-likeness (QED) is 0.335. The van der Waals surface area contributed by atoms with Crippen LogP contribution in [0.2, 0.25) is 0 Å². The van der Waals surface area contributed by atoms with E-state index in [1.54, 1.807) is 0 Å². The molecule has 0 unspecified atom stereocenters. The Morgan fingerprint density at radius 1 is 0.607 bits per heavy atom. The van der Waals surface area contributed by atoms with Gasteiger partial charge in [-0.25, -0.2) is 0 Å². The molecule has 0 atom stereocenters. The van der Waals surface area contributed by atoms with Gasteiger partial charge in [-0.05, 0) is 47.5 Å². The minimum absolute atomic E-state index is 0.488. The van der Waals surface area contributed by atoms with Gasteiger partial charge in [0.25, 0.3) is 0 Å². The maximum Gasteiger partial charge on any atom is 0.132 e. The maximum absolute atomic E-state index is 6.31. The lowest BCUT2D eigenvalue weighted by molar-refractivity contribution is 0.434. The monoisotopic (exact) mass is 362 g/mol. The van der Waals surface area contributed by atoms with Gasteiger partial charge in [0.1, 0.15) is 11.5 Å². The number of hydrogen-bond acceptors (Lipinski definition) is 3. The second-order valence-electron chi connectivity index (χ2n) is 7.32. The summed E-state index contributed by atoms with van der Waals surface area (Å²) in [7, 11) is 0. The first kappa shape index (κ1) is 15.3. The van der Waals surface area contributed by atoms with E-state index in [9.17, 15) is 0 Å². The summed E-state index contributed by atoms with van der Waals surface area (Å²) in [5.74, 6) is 1.76. The second kappa shape index (κ2) is 5.40. The van der Waals surface area contributed by atoms with Crippen molar-refractivity contribution in [3.05, 3.63) is 113 Å². The number of nitrogen functional groups attached to an aromatic ring is 1. The van der Waals surface area contributed by atoms with Crippen molar-refractivity contribution in [2.24, 2.45) is 0 Å². The fourth-order valence-corrected chi connectivity index (χ4v) is 4.77. The third-order valence-corrected chi connectivity index (χ3v) is 5.85. The molecule has 28 heavy (non-hydrogen) atoms. The minimum Gasteiger partial charge on any atom is -0.457 e. The predicted molar refractivity (Wildman–Crippen MR) is 113 cm³/mol. The standard InChI is InChI=1S/C25H18N2O/c26-16-13-14-22-20(15-16)25(17-7-1-4-10-21(17)27-22)18-8-2-5-11-23(18)28-24-12-6-3-9-19(24)25/h1-15,27H,26H2. The summed E-state index contributed by atoms with van der Waals surface area (Å²) in [5, 5.41) is 3.60. The van der Waals surface area contributed by atoms with Crippen molar-refractivity contribution < 1.29 is 4.74 Å². The third kappa shape index (κ3) is 1.83. The van der Waals surface area contributed by atoms with Crippen LogP contribution in [0.3, 0.4) is 0 Å². The molecule has 4 aromatic rings. The zero-order chi connectivity index (χ0) is 18.7. The lowest BCUT2D eigenvalue weighted by Crippen LogP contribution is -2.37. The zero-order valence-corrected chi connectivity index (χ0v) is 15.1. The van der Waals surface area contributed by atoms with Gasteiger partial charge in [-0.2, -0.15) is 0 Å². The Kier molecular flexibility index (Phi) is 2.96. The van der Waals surface area contributed by atoms with E-state index < -0.39 is 5.41 Å². The van der Waals surface area contributed by atoms with E-state index in [0.717, 1.165) is 45.3 Å². The first-order chi connectivity index (χ1) is 13.8. The molecule has 0 amide bonds. The summed E-state index contributed by atoms with van der Waals surface area (Å²) in [6.07, 6.45) is 0. The van der Waals surface area contributed by atoms with Gasteiger partial charge in [-0.15, -0.1) is 0 Å². The third-order valence-electron chi connectivity index (χ3n) is 5.85. The van der Waals surface area contributed by atoms with E-state index in [2.05, 4.69) is 66.0 Å². The molecule has 1 spiro atoms. The molecule has 134 valence electrons. The highest BCUT2D eigenvalue weighted by molar-refractivity contribution is 5.85. The largest absolute Gasteiger partial charge is 0.457 e. The Hall–Kier alpha value is -3.72. The summed E-state index contributed by atoms with van der Waals surface area (Å²) in [6.45, 7) is 0. The van der Waals surface area contributed by atoms with E-state index >= 15 is 0 Å². The fourth-order valence-electron chi connectivity index (χ4n) is 4.77. The van der Waals surface area contributed by atoms with Crippen LogP contribution in [0.25, 0.3) is 0 Å². The molecule has 4 aromatic carbocycles. The predicted octanol–water partition coefficient (Wildman–Crippen LogP) is 5.81. The van der Waals surface area contributed by atoms with Gasteiger partial charge in [-0.3, -0.25) is 0 Å². The Bertz CT molecular complexity index is 1140. The SMILES string of the molecule is Nc1ccc2c(c1)C1(c3ccccc3N2)c2ccccc2Oc2ccccc21. The van der Waals surface area contributed by atoms with Gasteiger partial charge in [0.05, 0.1) is 5.41 Å². The molecular weight excluding hydrogens is 344 g/mol. The number of nitrogens with one attached hydrogen (secondary N) is 1. The van der Waals surface area contributed by atoms with E-state index in [-0.39, 0.29) is 0 Å². The molecule has 0 fully saturated rings. The molecule has 0 bridgehead atoms. The molecule has 0 radical (unpaired) electrons. The van der Waals surface area contributed by atoms with Gasteiger partial charge >= 0.3 is 0 Å². The van der Waals surface area contributed by atoms with Crippen molar-refractivity contribution in [1.82, 2.24) is 0 Å². The van der Waals surface area contributed by atoms with Gasteiger partial charge in [0.2, 0.25) is 0 Å². The Morgan fingerprint density at radius 2 is 1.18 bits per heavy atom. The van der Waals surface area contributed by atoms with Crippen molar-refractivity contribution >= 4 is 17.1 Å². The molecule has 2 heterocycles. The number of benzene rings is 4. The molecule has 2 aliphatic heterocycles. The van der Waals surface area contributed by atoms with E-state index in [1.807, 2.05) is 30.3 Å². The highest BCUT2D eigenvalue weighted by atomic mass is 16.5. The Balaban J connectivity index is 1.85. The number of rotatable bonds is 0. The summed E-state index contributed by atoms with van der Waals surface area (Å²) in [4.78, 5) is 0. The number of ether oxygens (including phenoxy) is 1. The molecule has 3 nitrogen and oxygen atoms in total. The fraction of sp³-hybridized carbons (Fsp3) is 0.0400. The van der Waals surface area contributed by atoms with Crippen LogP contribution in [0, 0.1) is 0 Å². The summed E-state index contributed by atoms with van der Waals surface area (Å²) in [5.41, 5.74) is 13.3. The van der Waals surface area contributed by atoms with Crippen LogP contribution in [-0.2, 0) is 5.41 Å². The van der Waals surface area contributed by atoms with Crippen LogP contribution in [0.4, 0.5) is 17.1 Å². The normalized spacial score (nSPS) is 14.7. The zero-order valence-electron chi connectivity index (χ0n) is 15.1. The molecule has 2 aliphatic rings. The Labute approximate surface area is 163 Å². The van der Waals surface area contributed by atoms with Gasteiger partial charge in [0, 0.05) is 28.2 Å². The van der Waals surface area contributed by atoms with Crippen molar-refractivity contribution in [1.29, 1.82) is 0 Å². The topological polar surface area (TPSA) is 47.3 Å². The molecule has 0 aliphatic carbocycles. The van der Waals surface area contributed by atoms with Crippen LogP contribution >= 0.6 is 0 Å². The van der Waals surface area contributed by atoms with E-state index in [0.29, 0.717) is 0 Å². The van der Waals surface area contributed by atoms with Crippen molar-refractivity contribution in [2.75, 3.05) is 11.1 Å². The minimum atomic E-state index is -0.488. The molecular formula is C25H18N2O. The summed E-state index contributed by atoms with van der Waals surface area (Å²) < 4.78 is 6.31. The van der Waals surface area contributed by atoms with Gasteiger partial charge in [0.15, 0.2) is 0 Å². The molecule has 0 saturated carbocycles. The number of hydrogen-bond donors (Lipinski definition) is 2. The van der Waals surface area contributed by atoms with Crippen LogP contribution < -0.4 is 15.8 Å². The first-order valence-corrected chi connectivity index (χ1v) is 9.42. The van der Waals surface area contributed by atoms with Crippen LogP contribution in [0.5, 0.6) is 11.5 Å². The summed E-state index contributed by atoms with van der Waals surface area (Å²) in [6, 6.07) is 31.2. The smallest absolute Gasteiger partial charge is 0.132 e. The number of anilines is 3. The molecule has 3 N–H and O–H groups in total. The molecule has 0 saturated heterocycles. The number of nitrogens with two attached hydrogens (primary N) is 1. The van der Waals surface area contributed by atoms with E-state index in [4.69, 9.17) is 10.5 Å². The lowest BCUT2D eigenvalue weighted by atomic mass is 9.61. The average Bonchev–Trinajstić information content (AvgIpc) is 2.74. The number of para-hydroxylation sites is 3. The Morgan fingerprint density at radius 3 is 1.89 bits per heavy atom. The van der Waals surface area contributed by atoms with Gasteiger partial charge in [-0.1, -0.05) is 54.6 Å². The highest BCUT2D eigenvalue weighted by Crippen LogP contribution is 2.60. The van der Waals surface area contributed by atoms with Crippen molar-refractivity contribution in [2.45, 2.75) is 5.41 Å². The van der Waals surface area contributed by atoms with Crippen LogP contribution in [0.1, 0.15) is 22.3 Å². The van der Waals surface area contributed by atoms with Gasteiger partial charge < -0.3 is 15.8 Å². The van der Waals surface area contributed by atoms with E-state index in [1.165, 1.54) is 5.56 Å².